The lowest BCUT2D eigenvalue weighted by Crippen LogP contribution is -2.43. The molecule has 18 heavy (non-hydrogen) atoms. The highest BCUT2D eigenvalue weighted by atomic mass is 35.5. The molecule has 0 aromatic heterocycles. The molecule has 102 valence electrons. The highest BCUT2D eigenvalue weighted by Gasteiger charge is 2.36. The SMILES string of the molecule is CCOC(CC)(CC)C(N)c1ccc(Cl)cc1F. The van der Waals surface area contributed by atoms with Crippen LogP contribution in [0.25, 0.3) is 0 Å². The third-order valence-electron chi connectivity index (χ3n) is 3.49. The molecule has 2 nitrogen and oxygen atoms in total. The van der Waals surface area contributed by atoms with Gasteiger partial charge in [-0.2, -0.15) is 0 Å². The van der Waals surface area contributed by atoms with Crippen molar-refractivity contribution in [3.8, 4) is 0 Å². The zero-order valence-electron chi connectivity index (χ0n) is 11.2. The molecule has 0 aliphatic carbocycles. The van der Waals surface area contributed by atoms with Crippen molar-refractivity contribution in [1.29, 1.82) is 0 Å². The summed E-state index contributed by atoms with van der Waals surface area (Å²) in [5.74, 6) is -0.374. The van der Waals surface area contributed by atoms with Crippen LogP contribution in [0.4, 0.5) is 4.39 Å². The molecule has 1 unspecified atom stereocenters. The lowest BCUT2D eigenvalue weighted by Gasteiger charge is -2.37. The molecule has 2 N–H and O–H groups in total. The molecule has 0 saturated heterocycles. The van der Waals surface area contributed by atoms with Crippen molar-refractivity contribution in [3.05, 3.63) is 34.6 Å². The van der Waals surface area contributed by atoms with E-state index in [0.717, 1.165) is 12.8 Å². The number of benzene rings is 1. The highest BCUT2D eigenvalue weighted by molar-refractivity contribution is 6.30. The summed E-state index contributed by atoms with van der Waals surface area (Å²) in [6.07, 6.45) is 1.47. The maximum atomic E-state index is 13.9. The molecular formula is C14H21ClFNO. The van der Waals surface area contributed by atoms with Gasteiger partial charge in [0, 0.05) is 17.2 Å². The molecule has 0 aliphatic heterocycles. The van der Waals surface area contributed by atoms with Crippen molar-refractivity contribution >= 4 is 11.6 Å². The fourth-order valence-corrected chi connectivity index (χ4v) is 2.47. The van der Waals surface area contributed by atoms with Crippen molar-refractivity contribution in [2.45, 2.75) is 45.3 Å². The molecule has 0 bridgehead atoms. The molecular weight excluding hydrogens is 253 g/mol. The van der Waals surface area contributed by atoms with E-state index in [2.05, 4.69) is 0 Å². The summed E-state index contributed by atoms with van der Waals surface area (Å²) in [6.45, 7) is 6.50. The fraction of sp³-hybridized carbons (Fsp3) is 0.571. The molecule has 0 aliphatic rings. The number of ether oxygens (including phenoxy) is 1. The van der Waals surface area contributed by atoms with Crippen LogP contribution < -0.4 is 5.73 Å². The molecule has 1 aromatic carbocycles. The summed E-state index contributed by atoms with van der Waals surface area (Å²) in [4.78, 5) is 0. The lowest BCUT2D eigenvalue weighted by molar-refractivity contribution is -0.0652. The van der Waals surface area contributed by atoms with Crippen LogP contribution in [0.15, 0.2) is 18.2 Å². The zero-order valence-corrected chi connectivity index (χ0v) is 11.9. The van der Waals surface area contributed by atoms with Gasteiger partial charge < -0.3 is 10.5 Å². The second-order valence-corrected chi connectivity index (χ2v) is 4.78. The first-order chi connectivity index (χ1) is 8.50. The summed E-state index contributed by atoms with van der Waals surface area (Å²) >= 11 is 5.75. The van der Waals surface area contributed by atoms with Crippen LogP contribution in [0.2, 0.25) is 5.02 Å². The first kappa shape index (κ1) is 15.4. The number of hydrogen-bond donors (Lipinski definition) is 1. The molecule has 0 saturated carbocycles. The Hall–Kier alpha value is -0.640. The Morgan fingerprint density at radius 3 is 2.39 bits per heavy atom. The van der Waals surface area contributed by atoms with Gasteiger partial charge in [-0.15, -0.1) is 0 Å². The predicted molar refractivity (Wildman–Crippen MR) is 73.3 cm³/mol. The maximum Gasteiger partial charge on any atom is 0.129 e. The van der Waals surface area contributed by atoms with Gasteiger partial charge in [0.15, 0.2) is 0 Å². The standard InChI is InChI=1S/C14H21ClFNO/c1-4-14(5-2,18-6-3)13(17)11-8-7-10(15)9-12(11)16/h7-9,13H,4-6,17H2,1-3H3. The Morgan fingerprint density at radius 2 is 1.94 bits per heavy atom. The number of halogens is 2. The Kier molecular flexibility index (Phi) is 5.57. The van der Waals surface area contributed by atoms with Gasteiger partial charge in [0.1, 0.15) is 5.82 Å². The minimum atomic E-state index is -0.524. The summed E-state index contributed by atoms with van der Waals surface area (Å²) in [6, 6.07) is 4.09. The summed E-state index contributed by atoms with van der Waals surface area (Å²) in [5, 5.41) is 0.374. The van der Waals surface area contributed by atoms with E-state index in [-0.39, 0.29) is 5.82 Å². The second-order valence-electron chi connectivity index (χ2n) is 4.35. The average Bonchev–Trinajstić information content (AvgIpc) is 2.35. The first-order valence-corrected chi connectivity index (χ1v) is 6.73. The lowest BCUT2D eigenvalue weighted by atomic mass is 9.84. The van der Waals surface area contributed by atoms with Crippen LogP contribution >= 0.6 is 11.6 Å². The largest absolute Gasteiger partial charge is 0.373 e. The molecule has 1 atom stereocenters. The van der Waals surface area contributed by atoms with E-state index >= 15 is 0 Å². The molecule has 0 amide bonds. The summed E-state index contributed by atoms with van der Waals surface area (Å²) in [7, 11) is 0. The van der Waals surface area contributed by atoms with Crippen LogP contribution in [0, 0.1) is 5.82 Å². The Bertz CT molecular complexity index is 393. The van der Waals surface area contributed by atoms with Crippen molar-refractivity contribution in [2.75, 3.05) is 6.61 Å². The van der Waals surface area contributed by atoms with E-state index in [0.29, 0.717) is 17.2 Å². The fourth-order valence-electron chi connectivity index (χ4n) is 2.31. The van der Waals surface area contributed by atoms with Crippen LogP contribution in [0.1, 0.15) is 45.2 Å². The van der Waals surface area contributed by atoms with Crippen molar-refractivity contribution in [1.82, 2.24) is 0 Å². The Morgan fingerprint density at radius 1 is 1.33 bits per heavy atom. The van der Waals surface area contributed by atoms with E-state index in [1.807, 2.05) is 20.8 Å². The van der Waals surface area contributed by atoms with E-state index in [9.17, 15) is 4.39 Å². The third-order valence-corrected chi connectivity index (χ3v) is 3.73. The van der Waals surface area contributed by atoms with Gasteiger partial charge in [-0.05, 0) is 31.9 Å². The summed E-state index contributed by atoms with van der Waals surface area (Å²) < 4.78 is 19.7. The average molecular weight is 274 g/mol. The maximum absolute atomic E-state index is 13.9. The van der Waals surface area contributed by atoms with Gasteiger partial charge >= 0.3 is 0 Å². The molecule has 4 heteroatoms. The minimum Gasteiger partial charge on any atom is -0.373 e. The van der Waals surface area contributed by atoms with Crippen molar-refractivity contribution < 1.29 is 9.13 Å². The van der Waals surface area contributed by atoms with Gasteiger partial charge in [0.25, 0.3) is 0 Å². The van der Waals surface area contributed by atoms with E-state index in [1.54, 1.807) is 12.1 Å². The van der Waals surface area contributed by atoms with Crippen LogP contribution in [-0.4, -0.2) is 12.2 Å². The Balaban J connectivity index is 3.12. The molecule has 0 heterocycles. The number of rotatable bonds is 6. The van der Waals surface area contributed by atoms with Crippen LogP contribution in [0.3, 0.4) is 0 Å². The molecule has 0 radical (unpaired) electrons. The molecule has 0 spiro atoms. The van der Waals surface area contributed by atoms with Gasteiger partial charge in [0.05, 0.1) is 11.6 Å². The van der Waals surface area contributed by atoms with Gasteiger partial charge in [-0.1, -0.05) is 31.5 Å². The third kappa shape index (κ3) is 3.02. The monoisotopic (exact) mass is 273 g/mol. The molecule has 0 fully saturated rings. The normalized spacial score (nSPS) is 13.7. The second kappa shape index (κ2) is 6.50. The number of hydrogen-bond acceptors (Lipinski definition) is 2. The quantitative estimate of drug-likeness (QED) is 0.848. The van der Waals surface area contributed by atoms with Crippen LogP contribution in [0.5, 0.6) is 0 Å². The smallest absolute Gasteiger partial charge is 0.129 e. The molecule has 1 rings (SSSR count). The van der Waals surface area contributed by atoms with E-state index < -0.39 is 11.6 Å². The van der Waals surface area contributed by atoms with E-state index in [4.69, 9.17) is 22.1 Å². The first-order valence-electron chi connectivity index (χ1n) is 6.35. The van der Waals surface area contributed by atoms with Crippen molar-refractivity contribution in [3.63, 3.8) is 0 Å². The van der Waals surface area contributed by atoms with Gasteiger partial charge in [-0.25, -0.2) is 4.39 Å². The minimum absolute atomic E-state index is 0.374. The van der Waals surface area contributed by atoms with Gasteiger partial charge in [-0.3, -0.25) is 0 Å². The highest BCUT2D eigenvalue weighted by Crippen LogP contribution is 2.35. The Labute approximate surface area is 113 Å². The topological polar surface area (TPSA) is 35.2 Å². The predicted octanol–water partition coefficient (Wildman–Crippen LogP) is 4.07. The molecule has 1 aromatic rings. The van der Waals surface area contributed by atoms with Gasteiger partial charge in [0.2, 0.25) is 0 Å². The van der Waals surface area contributed by atoms with Crippen molar-refractivity contribution in [2.24, 2.45) is 5.73 Å². The van der Waals surface area contributed by atoms with E-state index in [1.165, 1.54) is 6.07 Å². The summed E-state index contributed by atoms with van der Waals surface area (Å²) in [5.41, 5.74) is 6.15. The number of nitrogens with two attached hydrogens (primary N) is 1. The zero-order chi connectivity index (χ0) is 13.8. The van der Waals surface area contributed by atoms with Crippen LogP contribution in [-0.2, 0) is 4.74 Å².